The molecule has 4 aromatic rings. The molecule has 0 N–H and O–H groups in total. The fourth-order valence-electron chi connectivity index (χ4n) is 3.97. The first-order valence-corrected chi connectivity index (χ1v) is 9.77. The molecule has 4 aromatic carbocycles. The van der Waals surface area contributed by atoms with Crippen LogP contribution < -0.4 is 4.90 Å². The molecule has 138 valence electrons. The van der Waals surface area contributed by atoms with Gasteiger partial charge < -0.3 is 4.90 Å². The molecule has 0 aliphatic carbocycles. The molecule has 1 nitrogen and oxygen atoms in total. The number of hydrogen-bond donors (Lipinski definition) is 0. The topological polar surface area (TPSA) is 3.24 Å². The van der Waals surface area contributed by atoms with Gasteiger partial charge in [0.25, 0.3) is 0 Å². The molecule has 1 heteroatoms. The van der Waals surface area contributed by atoms with Crippen LogP contribution in [0.4, 0.5) is 11.4 Å². The van der Waals surface area contributed by atoms with Gasteiger partial charge in [-0.15, -0.1) is 0 Å². The standard InChI is InChI=1S/C27H25N/c1-27(24-16-8-3-9-17-24,22-23-14-6-2-7-15-23)28(25-18-10-4-11-19-25)26-20-12-5-13-21-26/h2-21H,22H2,1H3. The Kier molecular flexibility index (Phi) is 5.25. The quantitative estimate of drug-likeness (QED) is 0.357. The number of anilines is 2. The molecule has 0 aromatic heterocycles. The molecule has 0 aliphatic heterocycles. The molecule has 0 amide bonds. The maximum atomic E-state index is 2.47. The van der Waals surface area contributed by atoms with Crippen molar-refractivity contribution in [3.05, 3.63) is 132 Å². The van der Waals surface area contributed by atoms with E-state index in [2.05, 4.69) is 133 Å². The van der Waals surface area contributed by atoms with E-state index >= 15 is 0 Å². The summed E-state index contributed by atoms with van der Waals surface area (Å²) in [5.74, 6) is 0. The maximum absolute atomic E-state index is 2.47. The number of rotatable bonds is 6. The van der Waals surface area contributed by atoms with Gasteiger partial charge in [0.05, 0.1) is 5.54 Å². The third-order valence-electron chi connectivity index (χ3n) is 5.31. The summed E-state index contributed by atoms with van der Waals surface area (Å²) in [5.41, 5.74) is 4.76. The Morgan fingerprint density at radius 2 is 0.929 bits per heavy atom. The van der Waals surface area contributed by atoms with Crippen LogP contribution in [-0.2, 0) is 12.0 Å². The third-order valence-corrected chi connectivity index (χ3v) is 5.31. The van der Waals surface area contributed by atoms with Crippen LogP contribution in [-0.4, -0.2) is 0 Å². The SMILES string of the molecule is CC(Cc1ccccc1)(c1ccccc1)N(c1ccccc1)c1ccccc1. The zero-order chi connectivity index (χ0) is 19.2. The molecule has 0 saturated heterocycles. The molecule has 0 fully saturated rings. The van der Waals surface area contributed by atoms with Crippen LogP contribution in [0.5, 0.6) is 0 Å². The Morgan fingerprint density at radius 3 is 1.39 bits per heavy atom. The summed E-state index contributed by atoms with van der Waals surface area (Å²) >= 11 is 0. The second-order valence-corrected chi connectivity index (χ2v) is 7.31. The molecule has 0 bridgehead atoms. The highest BCUT2D eigenvalue weighted by atomic mass is 15.2. The van der Waals surface area contributed by atoms with Gasteiger partial charge >= 0.3 is 0 Å². The Bertz CT molecular complexity index is 942. The van der Waals surface area contributed by atoms with E-state index in [1.807, 2.05) is 0 Å². The molecule has 4 rings (SSSR count). The Hall–Kier alpha value is -3.32. The number of para-hydroxylation sites is 2. The van der Waals surface area contributed by atoms with Crippen LogP contribution in [0.15, 0.2) is 121 Å². The fourth-order valence-corrected chi connectivity index (χ4v) is 3.97. The van der Waals surface area contributed by atoms with Crippen molar-refractivity contribution in [2.24, 2.45) is 0 Å². The van der Waals surface area contributed by atoms with E-state index in [0.29, 0.717) is 0 Å². The molecular weight excluding hydrogens is 338 g/mol. The average molecular weight is 364 g/mol. The van der Waals surface area contributed by atoms with Crippen molar-refractivity contribution >= 4 is 11.4 Å². The van der Waals surface area contributed by atoms with Crippen molar-refractivity contribution in [2.45, 2.75) is 18.9 Å². The summed E-state index contributed by atoms with van der Waals surface area (Å²) in [6.07, 6.45) is 0.904. The van der Waals surface area contributed by atoms with Gasteiger partial charge in [-0.25, -0.2) is 0 Å². The molecular formula is C27H25N. The van der Waals surface area contributed by atoms with Gasteiger partial charge in [0, 0.05) is 11.4 Å². The molecule has 0 radical (unpaired) electrons. The van der Waals surface area contributed by atoms with E-state index < -0.39 is 0 Å². The van der Waals surface area contributed by atoms with Crippen LogP contribution in [0.2, 0.25) is 0 Å². The van der Waals surface area contributed by atoms with Crippen molar-refractivity contribution in [1.29, 1.82) is 0 Å². The molecule has 1 atom stereocenters. The zero-order valence-corrected chi connectivity index (χ0v) is 16.2. The second-order valence-electron chi connectivity index (χ2n) is 7.31. The molecule has 0 heterocycles. The van der Waals surface area contributed by atoms with Crippen molar-refractivity contribution in [3.8, 4) is 0 Å². The lowest BCUT2D eigenvalue weighted by Gasteiger charge is -2.44. The largest absolute Gasteiger partial charge is 0.331 e. The summed E-state index contributed by atoms with van der Waals surface area (Å²) in [7, 11) is 0. The van der Waals surface area contributed by atoms with Gasteiger partial charge in [0.1, 0.15) is 0 Å². The Morgan fingerprint density at radius 1 is 0.536 bits per heavy atom. The molecule has 0 aliphatic rings. The predicted molar refractivity (Wildman–Crippen MR) is 119 cm³/mol. The van der Waals surface area contributed by atoms with Crippen molar-refractivity contribution in [2.75, 3.05) is 4.90 Å². The molecule has 0 spiro atoms. The average Bonchev–Trinajstić information content (AvgIpc) is 2.77. The minimum Gasteiger partial charge on any atom is -0.331 e. The lowest BCUT2D eigenvalue weighted by Crippen LogP contribution is -2.43. The van der Waals surface area contributed by atoms with E-state index in [0.717, 1.165) is 6.42 Å². The third kappa shape index (κ3) is 3.70. The van der Waals surface area contributed by atoms with E-state index in [1.54, 1.807) is 0 Å². The number of hydrogen-bond acceptors (Lipinski definition) is 1. The monoisotopic (exact) mass is 363 g/mol. The minimum absolute atomic E-state index is 0.245. The van der Waals surface area contributed by atoms with Gasteiger partial charge in [-0.1, -0.05) is 97.1 Å². The van der Waals surface area contributed by atoms with Crippen molar-refractivity contribution < 1.29 is 0 Å². The van der Waals surface area contributed by atoms with Crippen LogP contribution in [0.3, 0.4) is 0 Å². The van der Waals surface area contributed by atoms with Gasteiger partial charge in [0.2, 0.25) is 0 Å². The first-order chi connectivity index (χ1) is 13.8. The molecule has 28 heavy (non-hydrogen) atoms. The predicted octanol–water partition coefficient (Wildman–Crippen LogP) is 6.98. The van der Waals surface area contributed by atoms with Crippen LogP contribution in [0.1, 0.15) is 18.1 Å². The van der Waals surface area contributed by atoms with E-state index in [1.165, 1.54) is 22.5 Å². The summed E-state index contributed by atoms with van der Waals surface area (Å²) in [6.45, 7) is 2.34. The lowest BCUT2D eigenvalue weighted by atomic mass is 9.83. The smallest absolute Gasteiger partial charge is 0.0714 e. The second kappa shape index (κ2) is 8.14. The first kappa shape index (κ1) is 18.1. The van der Waals surface area contributed by atoms with Gasteiger partial charge in [-0.3, -0.25) is 0 Å². The van der Waals surface area contributed by atoms with Crippen molar-refractivity contribution in [1.82, 2.24) is 0 Å². The number of benzene rings is 4. The van der Waals surface area contributed by atoms with Gasteiger partial charge in [-0.05, 0) is 48.7 Å². The summed E-state index contributed by atoms with van der Waals surface area (Å²) in [4.78, 5) is 2.47. The highest BCUT2D eigenvalue weighted by Gasteiger charge is 2.35. The molecule has 1 unspecified atom stereocenters. The van der Waals surface area contributed by atoms with Crippen LogP contribution in [0.25, 0.3) is 0 Å². The normalized spacial score (nSPS) is 12.9. The fraction of sp³-hybridized carbons (Fsp3) is 0.111. The van der Waals surface area contributed by atoms with Gasteiger partial charge in [0.15, 0.2) is 0 Å². The summed E-state index contributed by atoms with van der Waals surface area (Å²) in [5, 5.41) is 0. The number of nitrogens with zero attached hydrogens (tertiary/aromatic N) is 1. The van der Waals surface area contributed by atoms with Crippen LogP contribution in [0, 0.1) is 0 Å². The highest BCUT2D eigenvalue weighted by molar-refractivity contribution is 5.67. The Balaban J connectivity index is 1.91. The highest BCUT2D eigenvalue weighted by Crippen LogP contribution is 2.41. The van der Waals surface area contributed by atoms with Crippen LogP contribution >= 0.6 is 0 Å². The minimum atomic E-state index is -0.245. The van der Waals surface area contributed by atoms with E-state index in [-0.39, 0.29) is 5.54 Å². The lowest BCUT2D eigenvalue weighted by molar-refractivity contribution is 0.477. The summed E-state index contributed by atoms with van der Waals surface area (Å²) in [6, 6.07) is 42.9. The maximum Gasteiger partial charge on any atom is 0.0714 e. The van der Waals surface area contributed by atoms with E-state index in [9.17, 15) is 0 Å². The van der Waals surface area contributed by atoms with E-state index in [4.69, 9.17) is 0 Å². The first-order valence-electron chi connectivity index (χ1n) is 9.77. The zero-order valence-electron chi connectivity index (χ0n) is 16.2. The summed E-state index contributed by atoms with van der Waals surface area (Å²) < 4.78 is 0. The Labute approximate surface area is 167 Å². The van der Waals surface area contributed by atoms with Gasteiger partial charge in [-0.2, -0.15) is 0 Å². The molecule has 0 saturated carbocycles. The van der Waals surface area contributed by atoms with Crippen molar-refractivity contribution in [3.63, 3.8) is 0 Å².